The van der Waals surface area contributed by atoms with Crippen molar-refractivity contribution in [1.29, 1.82) is 0 Å². The lowest BCUT2D eigenvalue weighted by Gasteiger charge is -2.03. The Hall–Kier alpha value is -0.500. The van der Waals surface area contributed by atoms with Crippen LogP contribution in [0.2, 0.25) is 0 Å². The van der Waals surface area contributed by atoms with Gasteiger partial charge < -0.3 is 4.84 Å². The summed E-state index contributed by atoms with van der Waals surface area (Å²) in [6.07, 6.45) is 0. The summed E-state index contributed by atoms with van der Waals surface area (Å²) >= 11 is 0. The van der Waals surface area contributed by atoms with Crippen molar-refractivity contribution in [3.05, 3.63) is 12.3 Å². The van der Waals surface area contributed by atoms with Gasteiger partial charge in [-0.25, -0.2) is 0 Å². The monoisotopic (exact) mass is 101 g/mol. The molecule has 0 rings (SSSR count). The average Bonchev–Trinajstić information content (AvgIpc) is 1.65. The highest BCUT2D eigenvalue weighted by Gasteiger charge is 1.96. The molecule has 0 aromatic carbocycles. The largest absolute Gasteiger partial charge is 0.416 e. The Bertz CT molecular complexity index is 68.5. The Morgan fingerprint density at radius 2 is 2.14 bits per heavy atom. The third-order valence-electron chi connectivity index (χ3n) is 0.795. The molecule has 0 bridgehead atoms. The Balaban J connectivity index is 3.35. The van der Waals surface area contributed by atoms with Crippen molar-refractivity contribution in [3.63, 3.8) is 0 Å². The van der Waals surface area contributed by atoms with E-state index >= 15 is 0 Å². The van der Waals surface area contributed by atoms with Crippen molar-refractivity contribution in [2.24, 2.45) is 11.8 Å². The van der Waals surface area contributed by atoms with Crippen molar-refractivity contribution in [1.82, 2.24) is 0 Å². The summed E-state index contributed by atoms with van der Waals surface area (Å²) in [4.78, 5) is 4.32. The van der Waals surface area contributed by atoms with Crippen molar-refractivity contribution in [3.8, 4) is 0 Å². The molecule has 0 radical (unpaired) electrons. The van der Waals surface area contributed by atoms with Crippen LogP contribution >= 0.6 is 0 Å². The van der Waals surface area contributed by atoms with Crippen LogP contribution in [0.5, 0.6) is 0 Å². The maximum atomic E-state index is 4.77. The van der Waals surface area contributed by atoms with Crippen molar-refractivity contribution in [2.45, 2.75) is 13.8 Å². The van der Waals surface area contributed by atoms with E-state index in [9.17, 15) is 0 Å². The van der Waals surface area contributed by atoms with Crippen LogP contribution in [0.4, 0.5) is 0 Å². The molecule has 0 saturated heterocycles. The van der Waals surface area contributed by atoms with Crippen LogP contribution in [0.25, 0.3) is 0 Å². The Morgan fingerprint density at radius 3 is 2.14 bits per heavy atom. The zero-order chi connectivity index (χ0) is 5.86. The van der Waals surface area contributed by atoms with Gasteiger partial charge in [0.1, 0.15) is 5.76 Å². The first kappa shape index (κ1) is 6.50. The molecule has 7 heavy (non-hydrogen) atoms. The highest BCUT2D eigenvalue weighted by Crippen LogP contribution is 2.03. The quantitative estimate of drug-likeness (QED) is 0.416. The van der Waals surface area contributed by atoms with Gasteiger partial charge in [0, 0.05) is 5.92 Å². The fraction of sp³-hybridized carbons (Fsp3) is 0.600. The van der Waals surface area contributed by atoms with E-state index in [0.717, 1.165) is 0 Å². The van der Waals surface area contributed by atoms with Crippen LogP contribution in [0, 0.1) is 5.92 Å². The summed E-state index contributed by atoms with van der Waals surface area (Å²) in [5.74, 6) is 5.72. The van der Waals surface area contributed by atoms with Gasteiger partial charge in [0.25, 0.3) is 0 Å². The van der Waals surface area contributed by atoms with Gasteiger partial charge in [0.2, 0.25) is 0 Å². The molecule has 42 valence electrons. The van der Waals surface area contributed by atoms with Gasteiger partial charge in [0.15, 0.2) is 0 Å². The zero-order valence-corrected chi connectivity index (χ0v) is 4.77. The normalized spacial score (nSPS) is 9.14. The molecule has 0 aliphatic heterocycles. The number of hydrogen-bond acceptors (Lipinski definition) is 2. The van der Waals surface area contributed by atoms with E-state index in [2.05, 4.69) is 11.4 Å². The van der Waals surface area contributed by atoms with Crippen molar-refractivity contribution >= 4 is 0 Å². The molecule has 0 aliphatic rings. The highest BCUT2D eigenvalue weighted by atomic mass is 16.6. The first-order chi connectivity index (χ1) is 3.18. The van der Waals surface area contributed by atoms with Crippen molar-refractivity contribution in [2.75, 3.05) is 0 Å². The minimum Gasteiger partial charge on any atom is -0.416 e. The summed E-state index contributed by atoms with van der Waals surface area (Å²) in [5, 5.41) is 0. The van der Waals surface area contributed by atoms with Gasteiger partial charge in [-0.3, -0.25) is 0 Å². The van der Waals surface area contributed by atoms with Gasteiger partial charge in [-0.2, -0.15) is 5.90 Å². The van der Waals surface area contributed by atoms with Gasteiger partial charge in [0.05, 0.1) is 0 Å². The van der Waals surface area contributed by atoms with E-state index < -0.39 is 0 Å². The molecule has 0 heterocycles. The maximum absolute atomic E-state index is 4.77. The molecule has 0 saturated carbocycles. The van der Waals surface area contributed by atoms with Crippen LogP contribution in [-0.4, -0.2) is 0 Å². The molecule has 2 N–H and O–H groups in total. The number of nitrogens with two attached hydrogens (primary N) is 1. The van der Waals surface area contributed by atoms with Gasteiger partial charge in [-0.05, 0) is 0 Å². The molecular weight excluding hydrogens is 90.1 g/mol. The second kappa shape index (κ2) is 2.64. The van der Waals surface area contributed by atoms with E-state index in [-0.39, 0.29) is 0 Å². The molecule has 0 aromatic rings. The lowest BCUT2D eigenvalue weighted by molar-refractivity contribution is 0.193. The SMILES string of the molecule is C=C(ON)C(C)C. The molecule has 0 fully saturated rings. The van der Waals surface area contributed by atoms with Crippen LogP contribution in [0.15, 0.2) is 12.3 Å². The van der Waals surface area contributed by atoms with Crippen LogP contribution in [0.3, 0.4) is 0 Å². The van der Waals surface area contributed by atoms with Gasteiger partial charge in [-0.1, -0.05) is 20.4 Å². The van der Waals surface area contributed by atoms with E-state index in [0.29, 0.717) is 11.7 Å². The lowest BCUT2D eigenvalue weighted by atomic mass is 10.2. The second-order valence-corrected chi connectivity index (χ2v) is 1.74. The fourth-order valence-corrected chi connectivity index (χ4v) is 0.136. The standard InChI is InChI=1S/C5H11NO/c1-4(2)5(3)7-6/h4H,3,6H2,1-2H3. The Kier molecular flexibility index (Phi) is 2.45. The summed E-state index contributed by atoms with van der Waals surface area (Å²) in [6.45, 7) is 7.46. The first-order valence-corrected chi connectivity index (χ1v) is 2.24. The Labute approximate surface area is 43.9 Å². The third kappa shape index (κ3) is 2.23. The topological polar surface area (TPSA) is 35.2 Å². The predicted octanol–water partition coefficient (Wildman–Crippen LogP) is 1.05. The average molecular weight is 101 g/mol. The summed E-state index contributed by atoms with van der Waals surface area (Å²) in [5.41, 5.74) is 0. The van der Waals surface area contributed by atoms with Crippen LogP contribution in [-0.2, 0) is 4.84 Å². The van der Waals surface area contributed by atoms with E-state index in [1.807, 2.05) is 13.8 Å². The lowest BCUT2D eigenvalue weighted by Crippen LogP contribution is -2.02. The number of allylic oxidation sites excluding steroid dienone is 1. The molecule has 0 atom stereocenters. The molecule has 0 unspecified atom stereocenters. The Morgan fingerprint density at radius 1 is 1.71 bits per heavy atom. The molecule has 2 heteroatoms. The minimum atomic E-state index is 0.324. The number of hydrogen-bond donors (Lipinski definition) is 1. The molecular formula is C5H11NO. The van der Waals surface area contributed by atoms with E-state index in [1.165, 1.54) is 0 Å². The van der Waals surface area contributed by atoms with Gasteiger partial charge >= 0.3 is 0 Å². The smallest absolute Gasteiger partial charge is 0.119 e. The second-order valence-electron chi connectivity index (χ2n) is 1.74. The molecule has 0 spiro atoms. The molecule has 0 aromatic heterocycles. The number of rotatable bonds is 2. The van der Waals surface area contributed by atoms with Gasteiger partial charge in [-0.15, -0.1) is 0 Å². The van der Waals surface area contributed by atoms with E-state index in [4.69, 9.17) is 5.90 Å². The highest BCUT2D eigenvalue weighted by molar-refractivity contribution is 4.84. The summed E-state index contributed by atoms with van der Waals surface area (Å²) in [7, 11) is 0. The zero-order valence-electron chi connectivity index (χ0n) is 4.77. The van der Waals surface area contributed by atoms with E-state index in [1.54, 1.807) is 0 Å². The maximum Gasteiger partial charge on any atom is 0.119 e. The fourth-order valence-electron chi connectivity index (χ4n) is 0.136. The summed E-state index contributed by atoms with van der Waals surface area (Å²) in [6, 6.07) is 0. The minimum absolute atomic E-state index is 0.324. The third-order valence-corrected chi connectivity index (χ3v) is 0.795. The van der Waals surface area contributed by atoms with Crippen molar-refractivity contribution < 1.29 is 4.84 Å². The first-order valence-electron chi connectivity index (χ1n) is 2.24. The predicted molar refractivity (Wildman–Crippen MR) is 29.3 cm³/mol. The molecule has 0 aliphatic carbocycles. The van der Waals surface area contributed by atoms with Crippen LogP contribution in [0.1, 0.15) is 13.8 Å². The molecule has 2 nitrogen and oxygen atoms in total. The molecule has 0 amide bonds. The van der Waals surface area contributed by atoms with Crippen LogP contribution < -0.4 is 5.90 Å². The summed E-state index contributed by atoms with van der Waals surface area (Å²) < 4.78 is 0.